The highest BCUT2D eigenvalue weighted by Crippen LogP contribution is 2.37. The summed E-state index contributed by atoms with van der Waals surface area (Å²) in [4.78, 5) is 13.9. The molecule has 0 saturated carbocycles. The van der Waals surface area contributed by atoms with Crippen LogP contribution in [-0.4, -0.2) is 64.8 Å². The van der Waals surface area contributed by atoms with E-state index in [-0.39, 0.29) is 0 Å². The molecule has 0 bridgehead atoms. The number of hydrogen-bond acceptors (Lipinski definition) is 8. The number of nitrogen functional groups attached to an aromatic ring is 1. The number of anilines is 4. The Bertz CT molecular complexity index is 1250. The maximum atomic E-state index is 6.23. The standard InChI is InChI=1S/C23H26N8O/c1-29-9-11-30(12-10-29)21-14-22(32-2)17(24)13-19(21)28-23-25-7-6-18(27-23)16-15-26-31-8-4-3-5-20(16)31/h3-8,13-15H,9-12,24H2,1-2H3,(H,25,27,28). The molecule has 0 unspecified atom stereocenters. The summed E-state index contributed by atoms with van der Waals surface area (Å²) in [5, 5.41) is 7.80. The van der Waals surface area contributed by atoms with Gasteiger partial charge in [-0.3, -0.25) is 0 Å². The van der Waals surface area contributed by atoms with Crippen LogP contribution in [0.4, 0.5) is 23.0 Å². The molecule has 1 aromatic carbocycles. The number of piperazine rings is 1. The second-order valence-corrected chi connectivity index (χ2v) is 7.88. The Morgan fingerprint density at radius 1 is 1.09 bits per heavy atom. The van der Waals surface area contributed by atoms with E-state index in [1.807, 2.05) is 53.3 Å². The van der Waals surface area contributed by atoms with Gasteiger partial charge >= 0.3 is 0 Å². The molecule has 1 fully saturated rings. The largest absolute Gasteiger partial charge is 0.495 e. The van der Waals surface area contributed by atoms with E-state index in [4.69, 9.17) is 15.5 Å². The van der Waals surface area contributed by atoms with Gasteiger partial charge < -0.3 is 25.6 Å². The third-order valence-electron chi connectivity index (χ3n) is 5.80. The van der Waals surface area contributed by atoms with Gasteiger partial charge in [-0.25, -0.2) is 14.5 Å². The summed E-state index contributed by atoms with van der Waals surface area (Å²) in [7, 11) is 3.77. The predicted molar refractivity (Wildman–Crippen MR) is 127 cm³/mol. The lowest BCUT2D eigenvalue weighted by atomic mass is 10.1. The van der Waals surface area contributed by atoms with Crippen molar-refractivity contribution in [2.24, 2.45) is 0 Å². The molecule has 3 N–H and O–H groups in total. The van der Waals surface area contributed by atoms with Crippen molar-refractivity contribution < 1.29 is 4.74 Å². The van der Waals surface area contributed by atoms with E-state index in [1.165, 1.54) is 0 Å². The number of hydrogen-bond donors (Lipinski definition) is 2. The van der Waals surface area contributed by atoms with Gasteiger partial charge in [0.25, 0.3) is 0 Å². The number of likely N-dealkylation sites (N-methyl/N-ethyl adjacent to an activating group) is 1. The van der Waals surface area contributed by atoms with Gasteiger partial charge in [-0.15, -0.1) is 0 Å². The fourth-order valence-electron chi connectivity index (χ4n) is 3.99. The van der Waals surface area contributed by atoms with E-state index in [1.54, 1.807) is 13.3 Å². The highest BCUT2D eigenvalue weighted by molar-refractivity contribution is 5.82. The fraction of sp³-hybridized carbons (Fsp3) is 0.261. The van der Waals surface area contributed by atoms with Gasteiger partial charge in [-0.2, -0.15) is 5.10 Å². The second-order valence-electron chi connectivity index (χ2n) is 7.88. The first kappa shape index (κ1) is 20.1. The third-order valence-corrected chi connectivity index (χ3v) is 5.80. The van der Waals surface area contributed by atoms with E-state index in [9.17, 15) is 0 Å². The predicted octanol–water partition coefficient (Wildman–Crippen LogP) is 2.88. The molecule has 0 aliphatic carbocycles. The zero-order chi connectivity index (χ0) is 22.1. The average molecular weight is 431 g/mol. The van der Waals surface area contributed by atoms with Crippen LogP contribution in [0.25, 0.3) is 16.8 Å². The maximum Gasteiger partial charge on any atom is 0.227 e. The van der Waals surface area contributed by atoms with Crippen LogP contribution in [0.3, 0.4) is 0 Å². The van der Waals surface area contributed by atoms with Gasteiger partial charge in [-0.1, -0.05) is 6.07 Å². The first-order valence-corrected chi connectivity index (χ1v) is 10.6. The molecule has 9 heteroatoms. The number of ether oxygens (including phenoxy) is 1. The molecule has 0 spiro atoms. The van der Waals surface area contributed by atoms with Crippen molar-refractivity contribution in [2.45, 2.75) is 0 Å². The Balaban J connectivity index is 1.50. The summed E-state index contributed by atoms with van der Waals surface area (Å²) in [5.74, 6) is 1.16. The summed E-state index contributed by atoms with van der Waals surface area (Å²) in [5.41, 5.74) is 11.4. The number of aromatic nitrogens is 4. The minimum atomic E-state index is 0.498. The summed E-state index contributed by atoms with van der Waals surface area (Å²) in [6.45, 7) is 3.82. The van der Waals surface area contributed by atoms with Crippen molar-refractivity contribution in [3.8, 4) is 17.0 Å². The molecular formula is C23H26N8O. The second kappa shape index (κ2) is 8.35. The molecule has 1 aliphatic heterocycles. The molecule has 1 aliphatic rings. The average Bonchev–Trinajstić information content (AvgIpc) is 3.24. The van der Waals surface area contributed by atoms with E-state index in [2.05, 4.69) is 32.2 Å². The third kappa shape index (κ3) is 3.78. The first-order valence-electron chi connectivity index (χ1n) is 10.6. The van der Waals surface area contributed by atoms with Gasteiger partial charge in [-0.05, 0) is 31.3 Å². The molecular weight excluding hydrogens is 404 g/mol. The normalized spacial score (nSPS) is 14.6. The molecule has 5 rings (SSSR count). The molecule has 1 saturated heterocycles. The van der Waals surface area contributed by atoms with E-state index in [0.29, 0.717) is 17.4 Å². The molecule has 0 amide bonds. The van der Waals surface area contributed by atoms with Crippen LogP contribution in [0, 0.1) is 0 Å². The Kier molecular flexibility index (Phi) is 5.24. The lowest BCUT2D eigenvalue weighted by Gasteiger charge is -2.35. The van der Waals surface area contributed by atoms with Crippen molar-refractivity contribution in [1.29, 1.82) is 0 Å². The number of nitrogens with one attached hydrogen (secondary N) is 1. The number of fused-ring (bicyclic) bond motifs is 1. The fourth-order valence-corrected chi connectivity index (χ4v) is 3.99. The lowest BCUT2D eigenvalue weighted by Crippen LogP contribution is -2.44. The molecule has 4 heterocycles. The summed E-state index contributed by atoms with van der Waals surface area (Å²) in [6.07, 6.45) is 5.49. The number of pyridine rings is 1. The van der Waals surface area contributed by atoms with Crippen LogP contribution in [0.5, 0.6) is 5.75 Å². The minimum absolute atomic E-state index is 0.498. The molecule has 3 aromatic heterocycles. The first-order chi connectivity index (χ1) is 15.6. The topological polar surface area (TPSA) is 96.8 Å². The Labute approximate surface area is 186 Å². The maximum absolute atomic E-state index is 6.23. The number of nitrogens with two attached hydrogens (primary N) is 1. The van der Waals surface area contributed by atoms with Crippen LogP contribution in [0.2, 0.25) is 0 Å². The van der Waals surface area contributed by atoms with Crippen LogP contribution < -0.4 is 20.7 Å². The highest BCUT2D eigenvalue weighted by Gasteiger charge is 2.20. The number of benzene rings is 1. The smallest absolute Gasteiger partial charge is 0.227 e. The highest BCUT2D eigenvalue weighted by atomic mass is 16.5. The molecule has 4 aromatic rings. The molecule has 0 atom stereocenters. The Hall–Kier alpha value is -3.85. The summed E-state index contributed by atoms with van der Waals surface area (Å²) >= 11 is 0. The van der Waals surface area contributed by atoms with E-state index >= 15 is 0 Å². The van der Waals surface area contributed by atoms with Gasteiger partial charge in [0.05, 0.1) is 41.6 Å². The molecule has 164 valence electrons. The number of rotatable bonds is 5. The Morgan fingerprint density at radius 2 is 1.94 bits per heavy atom. The zero-order valence-corrected chi connectivity index (χ0v) is 18.2. The summed E-state index contributed by atoms with van der Waals surface area (Å²) in [6, 6.07) is 11.7. The SMILES string of the molecule is COc1cc(N2CCN(C)CC2)c(Nc2nccc(-c3cnn4ccccc34)n2)cc1N. The number of nitrogens with zero attached hydrogens (tertiary/aromatic N) is 6. The van der Waals surface area contributed by atoms with E-state index < -0.39 is 0 Å². The van der Waals surface area contributed by atoms with Gasteiger partial charge in [0.15, 0.2) is 0 Å². The van der Waals surface area contributed by atoms with Crippen molar-refractivity contribution >= 4 is 28.5 Å². The van der Waals surface area contributed by atoms with Crippen molar-refractivity contribution in [2.75, 3.05) is 56.3 Å². The zero-order valence-electron chi connectivity index (χ0n) is 18.2. The number of methoxy groups -OCH3 is 1. The van der Waals surface area contributed by atoms with Crippen molar-refractivity contribution in [1.82, 2.24) is 24.5 Å². The lowest BCUT2D eigenvalue weighted by molar-refractivity contribution is 0.313. The molecule has 32 heavy (non-hydrogen) atoms. The molecule has 0 radical (unpaired) electrons. The summed E-state index contributed by atoms with van der Waals surface area (Å²) < 4.78 is 7.31. The minimum Gasteiger partial charge on any atom is -0.495 e. The van der Waals surface area contributed by atoms with Gasteiger partial charge in [0.1, 0.15) is 5.75 Å². The van der Waals surface area contributed by atoms with E-state index in [0.717, 1.165) is 54.3 Å². The van der Waals surface area contributed by atoms with Crippen LogP contribution in [0.15, 0.2) is 55.0 Å². The van der Waals surface area contributed by atoms with Crippen molar-refractivity contribution in [3.05, 3.63) is 55.0 Å². The van der Waals surface area contributed by atoms with Crippen LogP contribution in [-0.2, 0) is 0 Å². The van der Waals surface area contributed by atoms with Crippen LogP contribution in [0.1, 0.15) is 0 Å². The van der Waals surface area contributed by atoms with Gasteiger partial charge in [0, 0.05) is 50.2 Å². The van der Waals surface area contributed by atoms with Crippen LogP contribution >= 0.6 is 0 Å². The quantitative estimate of drug-likeness (QED) is 0.467. The molecule has 9 nitrogen and oxygen atoms in total. The van der Waals surface area contributed by atoms with Gasteiger partial charge in [0.2, 0.25) is 5.95 Å². The van der Waals surface area contributed by atoms with Crippen molar-refractivity contribution in [3.63, 3.8) is 0 Å². The monoisotopic (exact) mass is 430 g/mol. The Morgan fingerprint density at radius 3 is 2.75 bits per heavy atom.